The Bertz CT molecular complexity index is 472. The molecular formula is C16H26N2O. The van der Waals surface area contributed by atoms with Gasteiger partial charge in [0.2, 0.25) is 5.91 Å². The fourth-order valence-corrected chi connectivity index (χ4v) is 2.34. The number of amides is 1. The van der Waals surface area contributed by atoms with Gasteiger partial charge in [0.25, 0.3) is 0 Å². The normalized spacial score (nSPS) is 11.6. The highest BCUT2D eigenvalue weighted by Gasteiger charge is 2.26. The van der Waals surface area contributed by atoms with Crippen LogP contribution in [0.2, 0.25) is 0 Å². The zero-order valence-electron chi connectivity index (χ0n) is 13.2. The van der Waals surface area contributed by atoms with Crippen LogP contribution in [-0.4, -0.2) is 23.4 Å². The van der Waals surface area contributed by atoms with Crippen molar-refractivity contribution in [2.75, 3.05) is 7.05 Å². The Kier molecular flexibility index (Phi) is 4.41. The molecule has 1 rings (SSSR count). The van der Waals surface area contributed by atoms with Crippen LogP contribution in [0.3, 0.4) is 0 Å². The van der Waals surface area contributed by atoms with Gasteiger partial charge in [-0.25, -0.2) is 0 Å². The number of hydrogen-bond acceptors (Lipinski definition) is 2. The largest absolute Gasteiger partial charge is 0.340 e. The van der Waals surface area contributed by atoms with Crippen LogP contribution in [0.1, 0.15) is 41.7 Å². The second kappa shape index (κ2) is 5.33. The van der Waals surface area contributed by atoms with Gasteiger partial charge in [0.1, 0.15) is 0 Å². The summed E-state index contributed by atoms with van der Waals surface area (Å²) < 4.78 is 0. The minimum atomic E-state index is -0.824. The monoisotopic (exact) mass is 262 g/mol. The molecule has 2 N–H and O–H groups in total. The van der Waals surface area contributed by atoms with Crippen LogP contribution in [-0.2, 0) is 11.3 Å². The molecule has 0 aliphatic heterocycles. The van der Waals surface area contributed by atoms with Gasteiger partial charge in [-0.1, -0.05) is 6.07 Å². The highest BCUT2D eigenvalue weighted by molar-refractivity contribution is 5.85. The molecule has 19 heavy (non-hydrogen) atoms. The van der Waals surface area contributed by atoms with Crippen LogP contribution in [0, 0.1) is 27.7 Å². The second-order valence-corrected chi connectivity index (χ2v) is 6.12. The molecule has 0 aromatic heterocycles. The van der Waals surface area contributed by atoms with Crippen LogP contribution in [0.5, 0.6) is 0 Å². The van der Waals surface area contributed by atoms with Gasteiger partial charge in [0.05, 0.1) is 5.54 Å². The second-order valence-electron chi connectivity index (χ2n) is 6.12. The smallest absolute Gasteiger partial charge is 0.242 e. The van der Waals surface area contributed by atoms with Crippen LogP contribution < -0.4 is 5.73 Å². The van der Waals surface area contributed by atoms with Crippen LogP contribution in [0.15, 0.2) is 6.07 Å². The molecule has 0 aliphatic rings. The van der Waals surface area contributed by atoms with E-state index in [1.807, 2.05) is 7.05 Å². The lowest BCUT2D eigenvalue weighted by Crippen LogP contribution is -2.49. The molecule has 0 radical (unpaired) electrons. The van der Waals surface area contributed by atoms with E-state index in [-0.39, 0.29) is 5.91 Å². The molecule has 0 bridgehead atoms. The SMILES string of the molecule is Cc1cc(C)c(C)c(CN(C)C(=O)C(C)(C)N)c1C. The zero-order valence-corrected chi connectivity index (χ0v) is 13.2. The van der Waals surface area contributed by atoms with Crippen molar-refractivity contribution in [2.45, 2.75) is 53.6 Å². The Balaban J connectivity index is 3.10. The van der Waals surface area contributed by atoms with Gasteiger partial charge in [-0.2, -0.15) is 0 Å². The maximum Gasteiger partial charge on any atom is 0.242 e. The number of rotatable bonds is 3. The molecule has 0 heterocycles. The van der Waals surface area contributed by atoms with Crippen LogP contribution in [0.4, 0.5) is 0 Å². The first-order valence-electron chi connectivity index (χ1n) is 6.66. The Morgan fingerprint density at radius 1 is 1.16 bits per heavy atom. The summed E-state index contributed by atoms with van der Waals surface area (Å²) >= 11 is 0. The van der Waals surface area contributed by atoms with E-state index in [1.165, 1.54) is 27.8 Å². The van der Waals surface area contributed by atoms with Crippen molar-refractivity contribution in [3.8, 4) is 0 Å². The van der Waals surface area contributed by atoms with Crippen molar-refractivity contribution in [2.24, 2.45) is 5.73 Å². The zero-order chi connectivity index (χ0) is 15.0. The van der Waals surface area contributed by atoms with Crippen LogP contribution in [0.25, 0.3) is 0 Å². The third-order valence-electron chi connectivity index (χ3n) is 3.81. The molecule has 0 spiro atoms. The number of aryl methyl sites for hydroxylation is 2. The van der Waals surface area contributed by atoms with E-state index in [0.717, 1.165) is 0 Å². The first-order chi connectivity index (χ1) is 8.55. The molecule has 0 saturated heterocycles. The fraction of sp³-hybridized carbons (Fsp3) is 0.562. The third kappa shape index (κ3) is 3.35. The Hall–Kier alpha value is -1.35. The van der Waals surface area contributed by atoms with E-state index >= 15 is 0 Å². The van der Waals surface area contributed by atoms with Crippen molar-refractivity contribution in [3.63, 3.8) is 0 Å². The Morgan fingerprint density at radius 2 is 1.58 bits per heavy atom. The van der Waals surface area contributed by atoms with Gasteiger partial charge in [-0.05, 0) is 69.4 Å². The molecular weight excluding hydrogens is 236 g/mol. The minimum absolute atomic E-state index is 0.0366. The number of nitrogens with zero attached hydrogens (tertiary/aromatic N) is 1. The van der Waals surface area contributed by atoms with E-state index in [2.05, 4.69) is 33.8 Å². The molecule has 0 unspecified atom stereocenters. The first-order valence-corrected chi connectivity index (χ1v) is 6.66. The lowest BCUT2D eigenvalue weighted by molar-refractivity contribution is -0.135. The summed E-state index contributed by atoms with van der Waals surface area (Å²) in [6.45, 7) is 12.5. The minimum Gasteiger partial charge on any atom is -0.340 e. The molecule has 0 aliphatic carbocycles. The lowest BCUT2D eigenvalue weighted by atomic mass is 9.93. The van der Waals surface area contributed by atoms with Gasteiger partial charge >= 0.3 is 0 Å². The molecule has 1 aromatic carbocycles. The number of carbonyl (C=O) groups is 1. The fourth-order valence-electron chi connectivity index (χ4n) is 2.34. The molecule has 1 amide bonds. The first kappa shape index (κ1) is 15.7. The average molecular weight is 262 g/mol. The number of nitrogens with two attached hydrogens (primary N) is 1. The van der Waals surface area contributed by atoms with Gasteiger partial charge in [-0.15, -0.1) is 0 Å². The van der Waals surface area contributed by atoms with E-state index in [9.17, 15) is 4.79 Å². The molecule has 1 aromatic rings. The summed E-state index contributed by atoms with van der Waals surface area (Å²) in [5, 5.41) is 0. The standard InChI is InChI=1S/C16H26N2O/c1-10-8-11(2)13(4)14(12(10)3)9-18(7)15(19)16(5,6)17/h8H,9,17H2,1-7H3. The molecule has 106 valence electrons. The summed E-state index contributed by atoms with van der Waals surface area (Å²) in [4.78, 5) is 13.9. The summed E-state index contributed by atoms with van der Waals surface area (Å²) in [7, 11) is 1.81. The van der Waals surface area contributed by atoms with Crippen molar-refractivity contribution < 1.29 is 4.79 Å². The van der Waals surface area contributed by atoms with Gasteiger partial charge in [0.15, 0.2) is 0 Å². The molecule has 0 saturated carbocycles. The number of hydrogen-bond donors (Lipinski definition) is 1. The van der Waals surface area contributed by atoms with E-state index in [1.54, 1.807) is 18.7 Å². The van der Waals surface area contributed by atoms with Gasteiger partial charge in [0, 0.05) is 13.6 Å². The summed E-state index contributed by atoms with van der Waals surface area (Å²) in [5.74, 6) is -0.0366. The third-order valence-corrected chi connectivity index (χ3v) is 3.81. The molecule has 0 fully saturated rings. The maximum absolute atomic E-state index is 12.2. The van der Waals surface area contributed by atoms with Crippen molar-refractivity contribution >= 4 is 5.91 Å². The lowest BCUT2D eigenvalue weighted by Gasteiger charge is -2.27. The van der Waals surface area contributed by atoms with Crippen molar-refractivity contribution in [3.05, 3.63) is 33.9 Å². The van der Waals surface area contributed by atoms with Crippen LogP contribution >= 0.6 is 0 Å². The molecule has 3 heteroatoms. The Morgan fingerprint density at radius 3 is 1.95 bits per heavy atom. The molecule has 3 nitrogen and oxygen atoms in total. The highest BCUT2D eigenvalue weighted by atomic mass is 16.2. The maximum atomic E-state index is 12.2. The average Bonchev–Trinajstić information content (AvgIpc) is 2.29. The predicted octanol–water partition coefficient (Wildman–Crippen LogP) is 2.62. The number of benzene rings is 1. The quantitative estimate of drug-likeness (QED) is 0.910. The van der Waals surface area contributed by atoms with Crippen molar-refractivity contribution in [1.29, 1.82) is 0 Å². The van der Waals surface area contributed by atoms with Gasteiger partial charge < -0.3 is 10.6 Å². The van der Waals surface area contributed by atoms with Crippen molar-refractivity contribution in [1.82, 2.24) is 4.90 Å². The van der Waals surface area contributed by atoms with Gasteiger partial charge in [-0.3, -0.25) is 4.79 Å². The summed E-state index contributed by atoms with van der Waals surface area (Å²) in [6, 6.07) is 2.20. The van der Waals surface area contributed by atoms with E-state index in [4.69, 9.17) is 5.73 Å². The summed E-state index contributed by atoms with van der Waals surface area (Å²) in [6.07, 6.45) is 0. The topological polar surface area (TPSA) is 46.3 Å². The number of carbonyl (C=O) groups excluding carboxylic acids is 1. The predicted molar refractivity (Wildman–Crippen MR) is 80.1 cm³/mol. The number of likely N-dealkylation sites (N-methyl/N-ethyl adjacent to an activating group) is 1. The Labute approximate surface area is 116 Å². The molecule has 0 atom stereocenters. The van der Waals surface area contributed by atoms with E-state index < -0.39 is 5.54 Å². The summed E-state index contributed by atoms with van der Waals surface area (Å²) in [5.41, 5.74) is 11.4. The van der Waals surface area contributed by atoms with E-state index in [0.29, 0.717) is 6.54 Å². The highest BCUT2D eigenvalue weighted by Crippen LogP contribution is 2.23.